The van der Waals surface area contributed by atoms with Crippen molar-refractivity contribution in [2.24, 2.45) is 45.3 Å². The lowest BCUT2D eigenvalue weighted by atomic mass is 9.35. The molecule has 4 aliphatic heterocycles. The summed E-state index contributed by atoms with van der Waals surface area (Å²) in [7, 11) is 0. The average molecular weight is 1080 g/mol. The number of hydrogen-bond donors (Lipinski definition) is 14. The van der Waals surface area contributed by atoms with E-state index < -0.39 is 172 Å². The van der Waals surface area contributed by atoms with Crippen LogP contribution in [0.3, 0.4) is 0 Å². The molecule has 22 nitrogen and oxygen atoms in total. The zero-order chi connectivity index (χ0) is 55.1. The lowest BCUT2D eigenvalue weighted by Crippen LogP contribution is -2.68. The van der Waals surface area contributed by atoms with E-state index in [0.717, 1.165) is 24.8 Å². The second-order valence-electron chi connectivity index (χ2n) is 25.3. The highest BCUT2D eigenvalue weighted by molar-refractivity contribution is 5.20. The van der Waals surface area contributed by atoms with Gasteiger partial charge in [0.15, 0.2) is 25.2 Å². The fraction of sp³-hybridized carbons (Fsp3) is 0.962. The quantitative estimate of drug-likeness (QED) is 0.0614. The van der Waals surface area contributed by atoms with Gasteiger partial charge in [-0.05, 0) is 124 Å². The third-order valence-electron chi connectivity index (χ3n) is 20.5. The molecule has 4 saturated heterocycles. The normalized spacial score (nSPS) is 52.6. The third-order valence-corrected chi connectivity index (χ3v) is 20.5. The van der Waals surface area contributed by atoms with Gasteiger partial charge >= 0.3 is 0 Å². The molecule has 0 bridgehead atoms. The molecule has 0 aromatic carbocycles. The Morgan fingerprint density at radius 2 is 1.08 bits per heavy atom. The summed E-state index contributed by atoms with van der Waals surface area (Å²) < 4.78 is 48.9. The van der Waals surface area contributed by atoms with Crippen LogP contribution < -0.4 is 0 Å². The van der Waals surface area contributed by atoms with E-state index in [0.29, 0.717) is 38.5 Å². The first kappa shape index (κ1) is 60.0. The molecule has 4 aliphatic carbocycles. The molecule has 1 unspecified atom stereocenters. The van der Waals surface area contributed by atoms with Crippen molar-refractivity contribution in [3.05, 3.63) is 11.6 Å². The maximum atomic E-state index is 12.8. The molecule has 0 amide bonds. The Hall–Kier alpha value is -1.14. The van der Waals surface area contributed by atoms with Crippen molar-refractivity contribution < 1.29 is 109 Å². The molecule has 0 aromatic rings. The molecule has 0 aromatic heterocycles. The SMILES string of the molecule is CC(C)=CCC[C@](C)(O[C@@H]1O[C@H](CO[C@@H]2O[C@@H](CO)[C@H](O)[C@H]2O)[C@@H](O)[C@H](O)[C@H]1O)[C@H]1CC[C@]2(C)C1[C@H](O)C[C@@H]1[C@@]3(C)CC[C@H](O[C@@H]4O[C@H](CO)[C@@H](O)[C@H](O)[C@H]4O[C@@H]4O[C@H](CO)[C@@H](O)[C@H](O)[C@H]4O)C(C)(C)[C@@H]3CC[C@]12C. The fourth-order valence-electron chi connectivity index (χ4n) is 16.1. The van der Waals surface area contributed by atoms with Gasteiger partial charge in [-0.25, -0.2) is 0 Å². The molecule has 0 spiro atoms. The van der Waals surface area contributed by atoms with E-state index in [4.69, 9.17) is 37.9 Å². The van der Waals surface area contributed by atoms with Crippen LogP contribution in [-0.2, 0) is 37.9 Å². The molecule has 8 fully saturated rings. The second-order valence-corrected chi connectivity index (χ2v) is 25.3. The minimum Gasteiger partial charge on any atom is -0.394 e. The van der Waals surface area contributed by atoms with Crippen molar-refractivity contribution in [1.82, 2.24) is 0 Å². The van der Waals surface area contributed by atoms with Crippen molar-refractivity contribution in [1.29, 1.82) is 0 Å². The molecule has 22 heteroatoms. The van der Waals surface area contributed by atoms with Gasteiger partial charge in [0, 0.05) is 0 Å². The summed E-state index contributed by atoms with van der Waals surface area (Å²) in [5.41, 5.74) is -1.47. The molecule has 8 rings (SSSR count). The summed E-state index contributed by atoms with van der Waals surface area (Å²) >= 11 is 0. The van der Waals surface area contributed by atoms with Crippen LogP contribution in [0.2, 0.25) is 0 Å². The molecule has 14 N–H and O–H groups in total. The Morgan fingerprint density at radius 3 is 1.69 bits per heavy atom. The number of rotatable bonds is 16. The molecule has 8 aliphatic rings. The van der Waals surface area contributed by atoms with Crippen LogP contribution in [0.15, 0.2) is 11.6 Å². The van der Waals surface area contributed by atoms with E-state index in [1.807, 2.05) is 20.8 Å². The molecule has 29 atom stereocenters. The van der Waals surface area contributed by atoms with Crippen LogP contribution in [0.5, 0.6) is 0 Å². The van der Waals surface area contributed by atoms with Gasteiger partial charge in [-0.2, -0.15) is 0 Å². The summed E-state index contributed by atoms with van der Waals surface area (Å²) in [6.45, 7) is 14.9. The first-order chi connectivity index (χ1) is 35.1. The highest BCUT2D eigenvalue weighted by Crippen LogP contribution is 2.76. The largest absolute Gasteiger partial charge is 0.394 e. The Balaban J connectivity index is 1.01. The van der Waals surface area contributed by atoms with E-state index in [1.165, 1.54) is 0 Å². The summed E-state index contributed by atoms with van der Waals surface area (Å²) in [5.74, 6) is -0.394. The standard InChI is InChI=1S/C53H90O22/c1-23(2)10-9-14-53(8,75-47-43(67)39(63)37(61)29(72-47)22-68-45-41(65)36(60)28(21-56)69-45)24-11-16-52(7)33(24)25(57)18-31-50(5)15-13-32(49(3,4)30(50)12-17-51(31,52)6)73-48-44(40(64)35(59)27(20-55)71-48)74-46-42(66)38(62)34(58)26(19-54)70-46/h10,24-48,54-67H,9,11-22H2,1-8H3/t24-,25+,26+,27+,28-,29+,30-,31+,32-,33?,34+,35+,36-,37+,38-,39-,40-,41+,42+,43+,44+,45+,46-,47-,48-,50-,51+,52+,53-/m0/s1. The maximum Gasteiger partial charge on any atom is 0.187 e. The van der Waals surface area contributed by atoms with Gasteiger partial charge in [-0.15, -0.1) is 0 Å². The van der Waals surface area contributed by atoms with Crippen LogP contribution >= 0.6 is 0 Å². The number of fused-ring (bicyclic) bond motifs is 5. The first-order valence-corrected chi connectivity index (χ1v) is 27.3. The van der Waals surface area contributed by atoms with Crippen LogP contribution in [0.4, 0.5) is 0 Å². The van der Waals surface area contributed by atoms with Crippen molar-refractivity contribution >= 4 is 0 Å². The predicted molar refractivity (Wildman–Crippen MR) is 260 cm³/mol. The highest BCUT2D eigenvalue weighted by atomic mass is 16.8. The van der Waals surface area contributed by atoms with Gasteiger partial charge in [0.05, 0.1) is 44.2 Å². The first-order valence-electron chi connectivity index (χ1n) is 27.3. The monoisotopic (exact) mass is 1080 g/mol. The van der Waals surface area contributed by atoms with Crippen LogP contribution in [-0.4, -0.2) is 232 Å². The summed E-state index contributed by atoms with van der Waals surface area (Å²) in [6.07, 6.45) is -22.1. The van der Waals surface area contributed by atoms with Crippen LogP contribution in [0.1, 0.15) is 113 Å². The molecule has 75 heavy (non-hydrogen) atoms. The number of hydrogen-bond acceptors (Lipinski definition) is 22. The van der Waals surface area contributed by atoms with E-state index in [9.17, 15) is 71.5 Å². The number of allylic oxidation sites excluding steroid dienone is 2. The molecule has 4 heterocycles. The lowest BCUT2D eigenvalue weighted by molar-refractivity contribution is -0.378. The van der Waals surface area contributed by atoms with Gasteiger partial charge in [-0.3, -0.25) is 0 Å². The predicted octanol–water partition coefficient (Wildman–Crippen LogP) is -1.56. The van der Waals surface area contributed by atoms with E-state index in [1.54, 1.807) is 0 Å². The third kappa shape index (κ3) is 10.5. The van der Waals surface area contributed by atoms with Gasteiger partial charge in [0.2, 0.25) is 0 Å². The Bertz CT molecular complexity index is 1940. The fourth-order valence-corrected chi connectivity index (χ4v) is 16.1. The molecule has 4 saturated carbocycles. The van der Waals surface area contributed by atoms with Gasteiger partial charge in [0.25, 0.3) is 0 Å². The van der Waals surface area contributed by atoms with E-state index in [-0.39, 0.29) is 34.5 Å². The topological polar surface area (TPSA) is 357 Å². The van der Waals surface area contributed by atoms with Gasteiger partial charge in [0.1, 0.15) is 91.6 Å². The van der Waals surface area contributed by atoms with Crippen molar-refractivity contribution in [3.8, 4) is 0 Å². The Morgan fingerprint density at radius 1 is 0.560 bits per heavy atom. The summed E-state index contributed by atoms with van der Waals surface area (Å²) in [6, 6.07) is 0. The second kappa shape index (κ2) is 22.7. The lowest BCUT2D eigenvalue weighted by Gasteiger charge is -2.71. The molecular weight excluding hydrogens is 989 g/mol. The summed E-state index contributed by atoms with van der Waals surface area (Å²) in [5, 5.41) is 151. The summed E-state index contributed by atoms with van der Waals surface area (Å²) in [4.78, 5) is 0. The Kier molecular flexibility index (Phi) is 18.1. The minimum atomic E-state index is -1.81. The van der Waals surface area contributed by atoms with Crippen molar-refractivity contribution in [2.75, 3.05) is 26.4 Å². The minimum absolute atomic E-state index is 0.0508. The van der Waals surface area contributed by atoms with E-state index in [2.05, 4.69) is 40.7 Å². The van der Waals surface area contributed by atoms with Crippen molar-refractivity contribution in [2.45, 2.75) is 248 Å². The van der Waals surface area contributed by atoms with Gasteiger partial charge in [-0.1, -0.05) is 46.3 Å². The molecule has 0 radical (unpaired) electrons. The van der Waals surface area contributed by atoms with Gasteiger partial charge < -0.3 is 109 Å². The average Bonchev–Trinajstić information content (AvgIpc) is 3.89. The molecular formula is C53H90O22. The van der Waals surface area contributed by atoms with Crippen LogP contribution in [0, 0.1) is 45.3 Å². The van der Waals surface area contributed by atoms with Crippen molar-refractivity contribution in [3.63, 3.8) is 0 Å². The number of aliphatic hydroxyl groups is 14. The van der Waals surface area contributed by atoms with E-state index >= 15 is 0 Å². The molecule has 434 valence electrons. The maximum absolute atomic E-state index is 12.8. The zero-order valence-corrected chi connectivity index (χ0v) is 44.7. The highest BCUT2D eigenvalue weighted by Gasteiger charge is 2.72. The smallest absolute Gasteiger partial charge is 0.187 e. The number of ether oxygens (including phenoxy) is 8. The van der Waals surface area contributed by atoms with Crippen LogP contribution in [0.25, 0.3) is 0 Å². The number of aliphatic hydroxyl groups excluding tert-OH is 14. The Labute approximate surface area is 439 Å². The zero-order valence-electron chi connectivity index (χ0n) is 44.7.